The fraction of sp³-hybridized carbons (Fsp3) is 0.562. The van der Waals surface area contributed by atoms with E-state index in [2.05, 4.69) is 19.1 Å². The third-order valence-corrected chi connectivity index (χ3v) is 4.27. The molecule has 0 radical (unpaired) electrons. The van der Waals surface area contributed by atoms with Gasteiger partial charge in [-0.05, 0) is 31.9 Å². The summed E-state index contributed by atoms with van der Waals surface area (Å²) in [6.45, 7) is 3.58. The lowest BCUT2D eigenvalue weighted by atomic mass is 10.1. The first-order chi connectivity index (χ1) is 9.57. The molecule has 1 aliphatic carbocycles. The smallest absolute Gasteiger partial charge is 0.242 e. The molecule has 2 fully saturated rings. The predicted octanol–water partition coefficient (Wildman–Crippen LogP) is 1.86. The van der Waals surface area contributed by atoms with E-state index in [0.717, 1.165) is 44.5 Å². The molecule has 3 rings (SSSR count). The molecule has 4 heteroatoms. The molecule has 0 atom stereocenters. The number of piperidine rings is 1. The van der Waals surface area contributed by atoms with Gasteiger partial charge in [0.2, 0.25) is 5.91 Å². The number of rotatable bonds is 3. The number of benzene rings is 1. The molecule has 108 valence electrons. The van der Waals surface area contributed by atoms with Gasteiger partial charge in [-0.25, -0.2) is 0 Å². The second-order valence-corrected chi connectivity index (χ2v) is 6.08. The van der Waals surface area contributed by atoms with E-state index in [1.807, 2.05) is 17.0 Å². The minimum Gasteiger partial charge on any atom is -0.490 e. The van der Waals surface area contributed by atoms with Crippen molar-refractivity contribution < 1.29 is 9.53 Å². The predicted molar refractivity (Wildman–Crippen MR) is 77.6 cm³/mol. The standard InChI is InChI=1S/C16H22N2O2/c1-12-2-4-13(5-3-12)20-14-6-10-18(11-7-14)15(19)16(17)8-9-16/h2-5,14H,6-11,17H2,1H3. The number of ether oxygens (including phenoxy) is 1. The second-order valence-electron chi connectivity index (χ2n) is 6.08. The molecule has 1 aliphatic heterocycles. The lowest BCUT2D eigenvalue weighted by Crippen LogP contribution is -2.50. The van der Waals surface area contributed by atoms with Crippen LogP contribution in [-0.2, 0) is 4.79 Å². The molecule has 1 saturated heterocycles. The van der Waals surface area contributed by atoms with Crippen LogP contribution in [0.5, 0.6) is 5.75 Å². The van der Waals surface area contributed by atoms with Crippen LogP contribution in [0.15, 0.2) is 24.3 Å². The minimum atomic E-state index is -0.537. The molecular weight excluding hydrogens is 252 g/mol. The van der Waals surface area contributed by atoms with Crippen LogP contribution in [-0.4, -0.2) is 35.5 Å². The molecule has 20 heavy (non-hydrogen) atoms. The first-order valence-corrected chi connectivity index (χ1v) is 7.38. The highest BCUT2D eigenvalue weighted by Gasteiger charge is 2.48. The van der Waals surface area contributed by atoms with Crippen molar-refractivity contribution in [1.82, 2.24) is 4.90 Å². The first-order valence-electron chi connectivity index (χ1n) is 7.38. The van der Waals surface area contributed by atoms with E-state index in [9.17, 15) is 4.79 Å². The average Bonchev–Trinajstić information content (AvgIpc) is 3.21. The number of amides is 1. The van der Waals surface area contributed by atoms with E-state index in [1.165, 1.54) is 5.56 Å². The largest absolute Gasteiger partial charge is 0.490 e. The Labute approximate surface area is 119 Å². The van der Waals surface area contributed by atoms with E-state index < -0.39 is 5.54 Å². The molecule has 1 aromatic carbocycles. The summed E-state index contributed by atoms with van der Waals surface area (Å²) in [5.74, 6) is 1.05. The van der Waals surface area contributed by atoms with Crippen molar-refractivity contribution in [3.8, 4) is 5.75 Å². The molecule has 1 amide bonds. The Balaban J connectivity index is 1.51. The molecule has 2 N–H and O–H groups in total. The summed E-state index contributed by atoms with van der Waals surface area (Å²) in [6.07, 6.45) is 3.65. The van der Waals surface area contributed by atoms with Crippen LogP contribution in [0.25, 0.3) is 0 Å². The molecule has 1 heterocycles. The van der Waals surface area contributed by atoms with Gasteiger partial charge >= 0.3 is 0 Å². The normalized spacial score (nSPS) is 21.6. The van der Waals surface area contributed by atoms with Gasteiger partial charge in [-0.3, -0.25) is 4.79 Å². The zero-order valence-corrected chi connectivity index (χ0v) is 12.0. The highest BCUT2D eigenvalue weighted by molar-refractivity contribution is 5.89. The van der Waals surface area contributed by atoms with Crippen LogP contribution in [0.1, 0.15) is 31.2 Å². The fourth-order valence-corrected chi connectivity index (χ4v) is 2.65. The Kier molecular flexibility index (Phi) is 3.42. The topological polar surface area (TPSA) is 55.6 Å². The van der Waals surface area contributed by atoms with Gasteiger partial charge in [-0.2, -0.15) is 0 Å². The van der Waals surface area contributed by atoms with Crippen LogP contribution in [0.3, 0.4) is 0 Å². The summed E-state index contributed by atoms with van der Waals surface area (Å²) in [5, 5.41) is 0. The number of nitrogens with zero attached hydrogens (tertiary/aromatic N) is 1. The van der Waals surface area contributed by atoms with Crippen LogP contribution < -0.4 is 10.5 Å². The van der Waals surface area contributed by atoms with Gasteiger partial charge in [0.1, 0.15) is 11.9 Å². The average molecular weight is 274 g/mol. The molecule has 0 unspecified atom stereocenters. The number of carbonyl (C=O) groups excluding carboxylic acids is 1. The molecule has 1 saturated carbocycles. The van der Waals surface area contributed by atoms with Crippen molar-refractivity contribution in [2.45, 2.75) is 44.2 Å². The summed E-state index contributed by atoms with van der Waals surface area (Å²) in [6, 6.07) is 8.12. The van der Waals surface area contributed by atoms with E-state index in [0.29, 0.717) is 0 Å². The Morgan fingerprint density at radius 1 is 1.25 bits per heavy atom. The molecule has 4 nitrogen and oxygen atoms in total. The van der Waals surface area contributed by atoms with E-state index in [-0.39, 0.29) is 12.0 Å². The van der Waals surface area contributed by atoms with Gasteiger partial charge in [0.05, 0.1) is 5.54 Å². The fourth-order valence-electron chi connectivity index (χ4n) is 2.65. The highest BCUT2D eigenvalue weighted by Crippen LogP contribution is 2.35. The van der Waals surface area contributed by atoms with Crippen molar-refractivity contribution in [2.24, 2.45) is 5.73 Å². The van der Waals surface area contributed by atoms with Gasteiger partial charge < -0.3 is 15.4 Å². The molecule has 0 bridgehead atoms. The van der Waals surface area contributed by atoms with E-state index in [1.54, 1.807) is 0 Å². The number of nitrogens with two attached hydrogens (primary N) is 1. The molecular formula is C16H22N2O2. The van der Waals surface area contributed by atoms with Crippen LogP contribution in [0, 0.1) is 6.92 Å². The zero-order chi connectivity index (χ0) is 14.2. The number of hydrogen-bond acceptors (Lipinski definition) is 3. The quantitative estimate of drug-likeness (QED) is 0.915. The number of hydrogen-bond donors (Lipinski definition) is 1. The molecule has 0 spiro atoms. The lowest BCUT2D eigenvalue weighted by molar-refractivity contribution is -0.135. The Bertz CT molecular complexity index is 486. The summed E-state index contributed by atoms with van der Waals surface area (Å²) in [7, 11) is 0. The van der Waals surface area contributed by atoms with Gasteiger partial charge in [0, 0.05) is 25.9 Å². The maximum atomic E-state index is 12.1. The van der Waals surface area contributed by atoms with Crippen molar-refractivity contribution in [3.63, 3.8) is 0 Å². The zero-order valence-electron chi connectivity index (χ0n) is 12.0. The van der Waals surface area contributed by atoms with Gasteiger partial charge in [0.25, 0.3) is 0 Å². The molecule has 1 aromatic rings. The number of aryl methyl sites for hydroxylation is 1. The van der Waals surface area contributed by atoms with Crippen LogP contribution >= 0.6 is 0 Å². The summed E-state index contributed by atoms with van der Waals surface area (Å²) in [5.41, 5.74) is 6.67. The second kappa shape index (κ2) is 5.09. The van der Waals surface area contributed by atoms with E-state index in [4.69, 9.17) is 10.5 Å². The monoisotopic (exact) mass is 274 g/mol. The van der Waals surface area contributed by atoms with Crippen molar-refractivity contribution in [2.75, 3.05) is 13.1 Å². The Hall–Kier alpha value is -1.55. The highest BCUT2D eigenvalue weighted by atomic mass is 16.5. The first kappa shape index (κ1) is 13.4. The maximum absolute atomic E-state index is 12.1. The van der Waals surface area contributed by atoms with Crippen molar-refractivity contribution in [1.29, 1.82) is 0 Å². The minimum absolute atomic E-state index is 0.131. The van der Waals surface area contributed by atoms with Crippen molar-refractivity contribution >= 4 is 5.91 Å². The molecule has 2 aliphatic rings. The summed E-state index contributed by atoms with van der Waals surface area (Å²) >= 11 is 0. The maximum Gasteiger partial charge on any atom is 0.242 e. The summed E-state index contributed by atoms with van der Waals surface area (Å²) < 4.78 is 5.97. The van der Waals surface area contributed by atoms with Crippen LogP contribution in [0.4, 0.5) is 0 Å². The van der Waals surface area contributed by atoms with Gasteiger partial charge in [0.15, 0.2) is 0 Å². The number of carbonyl (C=O) groups is 1. The summed E-state index contributed by atoms with van der Waals surface area (Å²) in [4.78, 5) is 14.0. The Morgan fingerprint density at radius 2 is 1.85 bits per heavy atom. The van der Waals surface area contributed by atoms with Gasteiger partial charge in [-0.15, -0.1) is 0 Å². The third kappa shape index (κ3) is 2.80. The SMILES string of the molecule is Cc1ccc(OC2CCN(C(=O)C3(N)CC3)CC2)cc1. The molecule has 0 aromatic heterocycles. The third-order valence-electron chi connectivity index (χ3n) is 4.27. The van der Waals surface area contributed by atoms with Gasteiger partial charge in [-0.1, -0.05) is 17.7 Å². The van der Waals surface area contributed by atoms with Crippen molar-refractivity contribution in [3.05, 3.63) is 29.8 Å². The van der Waals surface area contributed by atoms with Crippen LogP contribution in [0.2, 0.25) is 0 Å². The lowest BCUT2D eigenvalue weighted by Gasteiger charge is -2.33. The Morgan fingerprint density at radius 3 is 2.40 bits per heavy atom. The van der Waals surface area contributed by atoms with E-state index >= 15 is 0 Å². The number of likely N-dealkylation sites (tertiary alicyclic amines) is 1.